The minimum atomic E-state index is -0.367. The van der Waals surface area contributed by atoms with Crippen LogP contribution in [0.4, 0.5) is 0 Å². The number of hydrogen-bond acceptors (Lipinski definition) is 3. The Bertz CT molecular complexity index is 349. The van der Waals surface area contributed by atoms with Gasteiger partial charge in [0.15, 0.2) is 0 Å². The van der Waals surface area contributed by atoms with E-state index in [2.05, 4.69) is 15.9 Å². The molecule has 0 saturated heterocycles. The fourth-order valence-corrected chi connectivity index (χ4v) is 1.76. The number of nitriles is 1. The Balaban J connectivity index is 2.66. The summed E-state index contributed by atoms with van der Waals surface area (Å²) in [6, 6.07) is 9.56. The highest BCUT2D eigenvalue weighted by Gasteiger charge is 2.13. The van der Waals surface area contributed by atoms with Crippen molar-refractivity contribution in [3.8, 4) is 6.07 Å². The van der Waals surface area contributed by atoms with Gasteiger partial charge in [0.2, 0.25) is 0 Å². The third-order valence-electron chi connectivity index (χ3n) is 1.95. The van der Waals surface area contributed by atoms with Crippen molar-refractivity contribution in [1.29, 1.82) is 5.26 Å². The molecule has 1 atom stereocenters. The molecule has 0 spiro atoms. The van der Waals surface area contributed by atoms with Crippen molar-refractivity contribution in [2.45, 2.75) is 12.5 Å². The van der Waals surface area contributed by atoms with Gasteiger partial charge in [-0.3, -0.25) is 0 Å². The fourth-order valence-electron chi connectivity index (χ4n) is 1.22. The first-order valence-corrected chi connectivity index (χ1v) is 5.42. The second-order valence-corrected chi connectivity index (χ2v) is 3.83. The molecular formula is C11H12BrNO2. The zero-order chi connectivity index (χ0) is 11.1. The summed E-state index contributed by atoms with van der Waals surface area (Å²) < 4.78 is 6.30. The first-order valence-electron chi connectivity index (χ1n) is 4.63. The molecule has 0 radical (unpaired) electrons. The minimum Gasteiger partial charge on any atom is -0.393 e. The van der Waals surface area contributed by atoms with Gasteiger partial charge in [0.05, 0.1) is 25.7 Å². The maximum absolute atomic E-state index is 9.17. The molecule has 3 nitrogen and oxygen atoms in total. The molecule has 0 amide bonds. The Hall–Kier alpha value is -0.890. The third-order valence-corrected chi connectivity index (χ3v) is 2.67. The Kier molecular flexibility index (Phi) is 5.33. The molecule has 0 heterocycles. The molecule has 0 bridgehead atoms. The van der Waals surface area contributed by atoms with Crippen LogP contribution in [0.1, 0.15) is 18.1 Å². The van der Waals surface area contributed by atoms with Gasteiger partial charge < -0.3 is 9.84 Å². The smallest absolute Gasteiger partial charge is 0.107 e. The molecule has 0 unspecified atom stereocenters. The van der Waals surface area contributed by atoms with Crippen LogP contribution in [-0.2, 0) is 4.74 Å². The van der Waals surface area contributed by atoms with Gasteiger partial charge in [-0.15, -0.1) is 0 Å². The summed E-state index contributed by atoms with van der Waals surface area (Å²) >= 11 is 3.39. The monoisotopic (exact) mass is 269 g/mol. The summed E-state index contributed by atoms with van der Waals surface area (Å²) in [5.41, 5.74) is 0.901. The first-order chi connectivity index (χ1) is 7.29. The van der Waals surface area contributed by atoms with Crippen molar-refractivity contribution >= 4 is 15.9 Å². The molecule has 0 aliphatic rings. The molecule has 0 aliphatic carbocycles. The highest BCUT2D eigenvalue weighted by atomic mass is 79.9. The van der Waals surface area contributed by atoms with E-state index in [1.165, 1.54) is 0 Å². The van der Waals surface area contributed by atoms with Crippen LogP contribution >= 0.6 is 15.9 Å². The molecule has 0 fully saturated rings. The van der Waals surface area contributed by atoms with E-state index in [0.717, 1.165) is 10.0 Å². The number of benzene rings is 1. The van der Waals surface area contributed by atoms with E-state index >= 15 is 0 Å². The Morgan fingerprint density at radius 3 is 2.80 bits per heavy atom. The largest absolute Gasteiger partial charge is 0.393 e. The zero-order valence-corrected chi connectivity index (χ0v) is 9.77. The number of rotatable bonds is 5. The molecule has 0 saturated carbocycles. The second kappa shape index (κ2) is 6.57. The van der Waals surface area contributed by atoms with Crippen molar-refractivity contribution < 1.29 is 9.84 Å². The van der Waals surface area contributed by atoms with Crippen LogP contribution in [0.3, 0.4) is 0 Å². The molecule has 1 N–H and O–H groups in total. The Labute approximate surface area is 97.4 Å². The molecular weight excluding hydrogens is 258 g/mol. The standard InChI is InChI=1S/C11H12BrNO2/c12-10-5-2-1-4-9(10)11(8-14)15-7-3-6-13/h1-2,4-5,11,14H,3,7-8H2/t11-/m0/s1. The summed E-state index contributed by atoms with van der Waals surface area (Å²) in [6.07, 6.45) is -0.0325. The lowest BCUT2D eigenvalue weighted by atomic mass is 10.1. The predicted octanol–water partition coefficient (Wildman–Crippen LogP) is 2.41. The van der Waals surface area contributed by atoms with Gasteiger partial charge in [-0.25, -0.2) is 0 Å². The van der Waals surface area contributed by atoms with Crippen LogP contribution in [-0.4, -0.2) is 18.3 Å². The zero-order valence-electron chi connectivity index (χ0n) is 8.19. The number of ether oxygens (including phenoxy) is 1. The maximum atomic E-state index is 9.17. The van der Waals surface area contributed by atoms with Crippen LogP contribution in [0, 0.1) is 11.3 Å². The molecule has 0 aromatic heterocycles. The van der Waals surface area contributed by atoms with E-state index in [1.54, 1.807) is 0 Å². The van der Waals surface area contributed by atoms with Gasteiger partial charge in [0, 0.05) is 4.47 Å². The van der Waals surface area contributed by atoms with Gasteiger partial charge in [0.1, 0.15) is 6.10 Å². The van der Waals surface area contributed by atoms with Crippen molar-refractivity contribution in [3.05, 3.63) is 34.3 Å². The number of aliphatic hydroxyl groups excluding tert-OH is 1. The molecule has 1 rings (SSSR count). The van der Waals surface area contributed by atoms with E-state index in [4.69, 9.17) is 10.00 Å². The second-order valence-electron chi connectivity index (χ2n) is 2.97. The quantitative estimate of drug-likeness (QED) is 0.836. The molecule has 0 aliphatic heterocycles. The van der Waals surface area contributed by atoms with E-state index in [-0.39, 0.29) is 12.7 Å². The van der Waals surface area contributed by atoms with Crippen molar-refractivity contribution in [2.24, 2.45) is 0 Å². The summed E-state index contributed by atoms with van der Waals surface area (Å²) in [7, 11) is 0. The van der Waals surface area contributed by atoms with Gasteiger partial charge in [-0.05, 0) is 11.6 Å². The predicted molar refractivity (Wildman–Crippen MR) is 60.2 cm³/mol. The average Bonchev–Trinajstić information content (AvgIpc) is 2.26. The average molecular weight is 270 g/mol. The summed E-state index contributed by atoms with van der Waals surface area (Å²) in [5, 5.41) is 17.5. The van der Waals surface area contributed by atoms with Crippen LogP contribution in [0.25, 0.3) is 0 Å². The number of nitrogens with zero attached hydrogens (tertiary/aromatic N) is 1. The number of halogens is 1. The van der Waals surface area contributed by atoms with E-state index in [0.29, 0.717) is 13.0 Å². The molecule has 1 aromatic rings. The first kappa shape index (κ1) is 12.2. The van der Waals surface area contributed by atoms with E-state index in [1.807, 2.05) is 30.3 Å². The molecule has 4 heteroatoms. The van der Waals surface area contributed by atoms with Crippen molar-refractivity contribution in [2.75, 3.05) is 13.2 Å². The van der Waals surface area contributed by atoms with Crippen molar-refractivity contribution in [3.63, 3.8) is 0 Å². The fraction of sp³-hybridized carbons (Fsp3) is 0.364. The lowest BCUT2D eigenvalue weighted by Crippen LogP contribution is -2.10. The lowest BCUT2D eigenvalue weighted by Gasteiger charge is -2.16. The molecule has 1 aromatic carbocycles. The highest BCUT2D eigenvalue weighted by molar-refractivity contribution is 9.10. The van der Waals surface area contributed by atoms with Gasteiger partial charge in [-0.2, -0.15) is 5.26 Å². The maximum Gasteiger partial charge on any atom is 0.107 e. The Morgan fingerprint density at radius 1 is 1.47 bits per heavy atom. The topological polar surface area (TPSA) is 53.2 Å². The molecule has 80 valence electrons. The van der Waals surface area contributed by atoms with Crippen LogP contribution in [0.5, 0.6) is 0 Å². The van der Waals surface area contributed by atoms with E-state index < -0.39 is 0 Å². The summed E-state index contributed by atoms with van der Waals surface area (Å²) in [6.45, 7) is 0.247. The number of hydrogen-bond donors (Lipinski definition) is 1. The van der Waals surface area contributed by atoms with E-state index in [9.17, 15) is 5.11 Å². The van der Waals surface area contributed by atoms with Crippen LogP contribution < -0.4 is 0 Å². The summed E-state index contributed by atoms with van der Waals surface area (Å²) in [5.74, 6) is 0. The third kappa shape index (κ3) is 3.63. The lowest BCUT2D eigenvalue weighted by molar-refractivity contribution is 0.0142. The minimum absolute atomic E-state index is 0.0892. The highest BCUT2D eigenvalue weighted by Crippen LogP contribution is 2.25. The number of aliphatic hydroxyl groups is 1. The Morgan fingerprint density at radius 2 is 2.20 bits per heavy atom. The van der Waals surface area contributed by atoms with Crippen molar-refractivity contribution in [1.82, 2.24) is 0 Å². The normalized spacial score (nSPS) is 12.1. The van der Waals surface area contributed by atoms with Gasteiger partial charge >= 0.3 is 0 Å². The summed E-state index contributed by atoms with van der Waals surface area (Å²) in [4.78, 5) is 0. The molecule has 15 heavy (non-hydrogen) atoms. The van der Waals surface area contributed by atoms with Gasteiger partial charge in [0.25, 0.3) is 0 Å². The van der Waals surface area contributed by atoms with Crippen LogP contribution in [0.2, 0.25) is 0 Å². The van der Waals surface area contributed by atoms with Gasteiger partial charge in [-0.1, -0.05) is 34.1 Å². The SMILES string of the molecule is N#CCCO[C@@H](CO)c1ccccc1Br. The van der Waals surface area contributed by atoms with Crippen LogP contribution in [0.15, 0.2) is 28.7 Å².